The molecule has 0 spiro atoms. The maximum Gasteiger partial charge on any atom is 0.265 e. The Morgan fingerprint density at radius 3 is 2.70 bits per heavy atom. The summed E-state index contributed by atoms with van der Waals surface area (Å²) in [6.45, 7) is 5.84. The summed E-state index contributed by atoms with van der Waals surface area (Å²) in [5.74, 6) is 2.08. The lowest BCUT2D eigenvalue weighted by Crippen LogP contribution is -2.28. The van der Waals surface area contributed by atoms with Crippen molar-refractivity contribution in [1.82, 2.24) is 29.7 Å². The summed E-state index contributed by atoms with van der Waals surface area (Å²) in [5.41, 5.74) is 6.97. The third kappa shape index (κ3) is 3.80. The first-order chi connectivity index (χ1) is 15.8. The second-order valence-corrected chi connectivity index (χ2v) is 8.88. The lowest BCUT2D eigenvalue weighted by Gasteiger charge is -2.21. The van der Waals surface area contributed by atoms with Gasteiger partial charge in [-0.15, -0.1) is 0 Å². The predicted molar refractivity (Wildman–Crippen MR) is 125 cm³/mol. The minimum atomic E-state index is -0.387. The topological polar surface area (TPSA) is 138 Å². The average molecular weight is 467 g/mol. The lowest BCUT2D eigenvalue weighted by atomic mass is 10.2. The van der Waals surface area contributed by atoms with Crippen molar-refractivity contribution in [2.24, 2.45) is 0 Å². The molecule has 4 aromatic rings. The van der Waals surface area contributed by atoms with Gasteiger partial charge in [0, 0.05) is 12.0 Å². The molecule has 0 radical (unpaired) electrons. The van der Waals surface area contributed by atoms with Crippen LogP contribution in [0.5, 0.6) is 0 Å². The van der Waals surface area contributed by atoms with Crippen LogP contribution < -0.4 is 16.6 Å². The van der Waals surface area contributed by atoms with Crippen LogP contribution in [0.1, 0.15) is 63.3 Å². The maximum absolute atomic E-state index is 13.3. The minimum absolute atomic E-state index is 0.0882. The van der Waals surface area contributed by atoms with Crippen molar-refractivity contribution in [1.29, 1.82) is 0 Å². The van der Waals surface area contributed by atoms with Crippen LogP contribution in [0, 0.1) is 0 Å². The smallest absolute Gasteiger partial charge is 0.265 e. The van der Waals surface area contributed by atoms with E-state index in [2.05, 4.69) is 25.4 Å². The number of nitrogens with two attached hydrogens (primary N) is 1. The van der Waals surface area contributed by atoms with E-state index >= 15 is 0 Å². The molecule has 1 saturated carbocycles. The number of rotatable bonds is 6. The van der Waals surface area contributed by atoms with Gasteiger partial charge in [-0.1, -0.05) is 36.7 Å². The van der Waals surface area contributed by atoms with Crippen molar-refractivity contribution in [2.75, 3.05) is 11.1 Å². The molecule has 1 aromatic carbocycles. The van der Waals surface area contributed by atoms with Gasteiger partial charge in [-0.05, 0) is 31.9 Å². The SMILES string of the molecule is CC(C)c1noc(-c2c(N)ncnc2NC(C)c2nc3cccc(Cl)c3c(=O)n2C2CC2)n1. The van der Waals surface area contributed by atoms with Gasteiger partial charge in [-0.2, -0.15) is 4.98 Å². The second-order valence-electron chi connectivity index (χ2n) is 8.47. The molecular weight excluding hydrogens is 444 g/mol. The highest BCUT2D eigenvalue weighted by atomic mass is 35.5. The molecule has 3 N–H and O–H groups in total. The Morgan fingerprint density at radius 2 is 2.00 bits per heavy atom. The number of halogens is 1. The van der Waals surface area contributed by atoms with Crippen LogP contribution in [0.4, 0.5) is 11.6 Å². The van der Waals surface area contributed by atoms with Gasteiger partial charge in [0.2, 0.25) is 0 Å². The monoisotopic (exact) mass is 466 g/mol. The number of anilines is 2. The molecule has 1 aliphatic carbocycles. The molecule has 1 unspecified atom stereocenters. The van der Waals surface area contributed by atoms with E-state index in [-0.39, 0.29) is 35.3 Å². The fourth-order valence-corrected chi connectivity index (χ4v) is 4.02. The van der Waals surface area contributed by atoms with Crippen molar-refractivity contribution in [3.8, 4) is 11.5 Å². The van der Waals surface area contributed by atoms with Gasteiger partial charge in [-0.25, -0.2) is 15.0 Å². The molecule has 0 saturated heterocycles. The van der Waals surface area contributed by atoms with Gasteiger partial charge in [0.05, 0.1) is 22.0 Å². The molecule has 3 aromatic heterocycles. The number of nitrogens with one attached hydrogen (secondary N) is 1. The Hall–Kier alpha value is -3.53. The van der Waals surface area contributed by atoms with E-state index in [4.69, 9.17) is 26.8 Å². The van der Waals surface area contributed by atoms with Crippen molar-refractivity contribution >= 4 is 34.1 Å². The number of nitrogen functional groups attached to an aromatic ring is 1. The lowest BCUT2D eigenvalue weighted by molar-refractivity contribution is 0.419. The zero-order valence-electron chi connectivity index (χ0n) is 18.4. The maximum atomic E-state index is 13.3. The molecule has 3 heterocycles. The van der Waals surface area contributed by atoms with Crippen LogP contribution in [0.3, 0.4) is 0 Å². The normalized spacial score (nSPS) is 14.7. The molecule has 0 aliphatic heterocycles. The van der Waals surface area contributed by atoms with Gasteiger partial charge in [0.1, 0.15) is 29.4 Å². The highest BCUT2D eigenvalue weighted by Gasteiger charge is 2.31. The Morgan fingerprint density at radius 1 is 1.21 bits per heavy atom. The van der Waals surface area contributed by atoms with E-state index < -0.39 is 0 Å². The summed E-state index contributed by atoms with van der Waals surface area (Å²) < 4.78 is 7.17. The van der Waals surface area contributed by atoms with E-state index in [9.17, 15) is 4.79 Å². The molecule has 1 aliphatic rings. The minimum Gasteiger partial charge on any atom is -0.383 e. The van der Waals surface area contributed by atoms with Gasteiger partial charge in [-0.3, -0.25) is 9.36 Å². The second kappa shape index (κ2) is 8.11. The number of nitrogens with zero attached hydrogens (tertiary/aromatic N) is 6. The van der Waals surface area contributed by atoms with Crippen molar-refractivity contribution in [3.63, 3.8) is 0 Å². The van der Waals surface area contributed by atoms with Crippen LogP contribution in [0.25, 0.3) is 22.4 Å². The number of benzene rings is 1. The average Bonchev–Trinajstić information content (AvgIpc) is 3.48. The van der Waals surface area contributed by atoms with Crippen LogP contribution in [0.15, 0.2) is 33.8 Å². The molecule has 0 amide bonds. The number of hydrogen-bond donors (Lipinski definition) is 2. The first-order valence-electron chi connectivity index (χ1n) is 10.8. The zero-order chi connectivity index (χ0) is 23.3. The fourth-order valence-electron chi connectivity index (χ4n) is 3.77. The molecule has 10 nitrogen and oxygen atoms in total. The summed E-state index contributed by atoms with van der Waals surface area (Å²) in [7, 11) is 0. The number of aromatic nitrogens is 6. The molecule has 33 heavy (non-hydrogen) atoms. The Balaban J connectivity index is 1.59. The Bertz CT molecular complexity index is 1410. The first kappa shape index (κ1) is 21.3. The summed E-state index contributed by atoms with van der Waals surface area (Å²) in [6.07, 6.45) is 3.20. The van der Waals surface area contributed by atoms with Crippen LogP contribution >= 0.6 is 11.6 Å². The van der Waals surface area contributed by atoms with Gasteiger partial charge < -0.3 is 15.6 Å². The van der Waals surface area contributed by atoms with E-state index in [0.717, 1.165) is 12.8 Å². The van der Waals surface area contributed by atoms with Crippen LogP contribution in [-0.2, 0) is 0 Å². The summed E-state index contributed by atoms with van der Waals surface area (Å²) in [4.78, 5) is 31.0. The summed E-state index contributed by atoms with van der Waals surface area (Å²) in [6, 6.07) is 4.99. The molecule has 170 valence electrons. The van der Waals surface area contributed by atoms with Gasteiger partial charge in [0.15, 0.2) is 5.82 Å². The molecular formula is C22H23ClN8O2. The van der Waals surface area contributed by atoms with Crippen molar-refractivity contribution < 1.29 is 4.52 Å². The summed E-state index contributed by atoms with van der Waals surface area (Å²) in [5, 5.41) is 8.17. The van der Waals surface area contributed by atoms with Crippen LogP contribution in [0.2, 0.25) is 5.02 Å². The van der Waals surface area contributed by atoms with E-state index in [0.29, 0.717) is 39.0 Å². The molecule has 0 bridgehead atoms. The van der Waals surface area contributed by atoms with E-state index in [1.165, 1.54) is 6.33 Å². The largest absolute Gasteiger partial charge is 0.383 e. The fraction of sp³-hybridized carbons (Fsp3) is 0.364. The third-order valence-corrected chi connectivity index (χ3v) is 5.92. The highest BCUT2D eigenvalue weighted by molar-refractivity contribution is 6.35. The molecule has 1 fully saturated rings. The van der Waals surface area contributed by atoms with E-state index in [1.54, 1.807) is 22.8 Å². The first-order valence-corrected chi connectivity index (χ1v) is 11.1. The Kier molecular flexibility index (Phi) is 5.24. The Labute approximate surface area is 194 Å². The molecule has 5 rings (SSSR count). The standard InChI is InChI=1S/C22H23ClN8O2/c1-10(2)18-29-21(33-30-18)16-17(24)25-9-26-19(16)27-11(3)20-28-14-6-4-5-13(23)15(14)22(32)31(20)12-7-8-12/h4-6,9-12H,7-8H2,1-3H3,(H3,24,25,26,27). The van der Waals surface area contributed by atoms with Crippen molar-refractivity contribution in [3.05, 3.63) is 51.6 Å². The van der Waals surface area contributed by atoms with Crippen LogP contribution in [-0.4, -0.2) is 29.7 Å². The number of hydrogen-bond acceptors (Lipinski definition) is 9. The highest BCUT2D eigenvalue weighted by Crippen LogP contribution is 2.37. The zero-order valence-corrected chi connectivity index (χ0v) is 19.2. The number of fused-ring (bicyclic) bond motifs is 1. The van der Waals surface area contributed by atoms with Gasteiger partial charge in [0.25, 0.3) is 11.4 Å². The van der Waals surface area contributed by atoms with E-state index in [1.807, 2.05) is 20.8 Å². The summed E-state index contributed by atoms with van der Waals surface area (Å²) >= 11 is 6.33. The third-order valence-electron chi connectivity index (χ3n) is 5.61. The molecule has 11 heteroatoms. The molecule has 1 atom stereocenters. The van der Waals surface area contributed by atoms with Gasteiger partial charge >= 0.3 is 0 Å². The van der Waals surface area contributed by atoms with Crippen molar-refractivity contribution in [2.45, 2.75) is 51.6 Å². The quantitative estimate of drug-likeness (QED) is 0.429. The predicted octanol–water partition coefficient (Wildman–Crippen LogP) is 4.10.